The highest BCUT2D eigenvalue weighted by molar-refractivity contribution is 6.10. The average molecular weight is 677 g/mol. The van der Waals surface area contributed by atoms with Gasteiger partial charge in [0.05, 0.1) is 0 Å². The Labute approximate surface area is 300 Å². The number of phenols is 2. The molecule has 0 unspecified atom stereocenters. The van der Waals surface area contributed by atoms with Crippen LogP contribution in [0.15, 0.2) is 180 Å². The summed E-state index contributed by atoms with van der Waals surface area (Å²) in [5.41, 5.74) is 4.14. The molecule has 0 saturated heterocycles. The number of hydrogen-bond acceptors (Lipinski definition) is 6. The second kappa shape index (κ2) is 14.4. The molecule has 6 heteroatoms. The van der Waals surface area contributed by atoms with Crippen LogP contribution in [0.1, 0.15) is 11.1 Å². The predicted octanol–water partition coefficient (Wildman–Crippen LogP) is 12.2. The minimum Gasteiger partial charge on any atom is -0.507 e. The van der Waals surface area contributed by atoms with Crippen molar-refractivity contribution < 1.29 is 19.7 Å². The van der Waals surface area contributed by atoms with Gasteiger partial charge in [0.15, 0.2) is 11.5 Å². The molecule has 8 aromatic carbocycles. The topological polar surface area (TPSA) is 83.6 Å². The van der Waals surface area contributed by atoms with Crippen LogP contribution in [0.3, 0.4) is 0 Å². The van der Waals surface area contributed by atoms with Crippen molar-refractivity contribution in [1.29, 1.82) is 0 Å². The lowest BCUT2D eigenvalue weighted by molar-refractivity contribution is 0.474. The van der Waals surface area contributed by atoms with Gasteiger partial charge >= 0.3 is 0 Å². The van der Waals surface area contributed by atoms with E-state index in [9.17, 15) is 10.2 Å². The molecule has 0 aliphatic carbocycles. The van der Waals surface area contributed by atoms with Gasteiger partial charge in [0.2, 0.25) is 0 Å². The van der Waals surface area contributed by atoms with Crippen molar-refractivity contribution >= 4 is 45.3 Å². The monoisotopic (exact) mass is 676 g/mol. The molecule has 0 aliphatic heterocycles. The van der Waals surface area contributed by atoms with E-state index in [1.54, 1.807) is 48.8 Å². The molecule has 0 fully saturated rings. The summed E-state index contributed by atoms with van der Waals surface area (Å²) in [6.45, 7) is 0. The highest BCUT2D eigenvalue weighted by atomic mass is 16.5. The summed E-state index contributed by atoms with van der Waals surface area (Å²) in [7, 11) is 0. The van der Waals surface area contributed by atoms with Gasteiger partial charge in [-0.1, -0.05) is 109 Å². The van der Waals surface area contributed by atoms with Crippen molar-refractivity contribution in [3.05, 3.63) is 181 Å². The summed E-state index contributed by atoms with van der Waals surface area (Å²) < 4.78 is 13.6. The molecule has 8 rings (SSSR count). The third-order valence-corrected chi connectivity index (χ3v) is 8.76. The zero-order valence-electron chi connectivity index (χ0n) is 27.9. The van der Waals surface area contributed by atoms with Crippen molar-refractivity contribution in [2.75, 3.05) is 0 Å². The third kappa shape index (κ3) is 6.56. The smallest absolute Gasteiger partial charge is 0.153 e. The fourth-order valence-corrected chi connectivity index (χ4v) is 6.20. The molecule has 52 heavy (non-hydrogen) atoms. The van der Waals surface area contributed by atoms with Gasteiger partial charge in [0.1, 0.15) is 34.4 Å². The third-order valence-electron chi connectivity index (χ3n) is 8.76. The SMILES string of the molecule is Oc1ccccc1C=Nc1ccccc1Oc1ccc2ccccc2c1-c1c(Oc2ccccc2N=Cc2ccccc2O)ccc2ccccc12. The van der Waals surface area contributed by atoms with Crippen LogP contribution in [0.2, 0.25) is 0 Å². The second-order valence-electron chi connectivity index (χ2n) is 12.1. The van der Waals surface area contributed by atoms with Gasteiger partial charge in [-0.3, -0.25) is 9.98 Å². The van der Waals surface area contributed by atoms with Crippen molar-refractivity contribution in [2.24, 2.45) is 9.98 Å². The van der Waals surface area contributed by atoms with Crippen LogP contribution in [0, 0.1) is 0 Å². The van der Waals surface area contributed by atoms with E-state index in [1.165, 1.54) is 0 Å². The molecule has 8 aromatic rings. The number of benzene rings is 8. The Hall–Kier alpha value is -7.18. The van der Waals surface area contributed by atoms with Crippen LogP contribution in [-0.4, -0.2) is 22.6 Å². The number of fused-ring (bicyclic) bond motifs is 2. The standard InChI is InChI=1S/C46H32N2O4/c49-39-21-9-3-15-33(39)29-47-37-19-7-11-23-41(37)51-43-27-25-31-13-1-5-17-35(31)45(43)46-36-18-6-2-14-32(36)26-28-44(46)52-42-24-12-8-20-38(42)48-30-34-16-4-10-22-40(34)50/h1-30,49-50H. The van der Waals surface area contributed by atoms with E-state index < -0.39 is 0 Å². The summed E-state index contributed by atoms with van der Waals surface area (Å²) >= 11 is 0. The molecule has 0 aliphatic rings. The molecule has 0 radical (unpaired) electrons. The van der Waals surface area contributed by atoms with Crippen molar-refractivity contribution in [2.45, 2.75) is 0 Å². The first kappa shape index (κ1) is 32.0. The van der Waals surface area contributed by atoms with Crippen LogP contribution in [0.25, 0.3) is 32.7 Å². The Bertz CT molecular complexity index is 2450. The van der Waals surface area contributed by atoms with Gasteiger partial charge in [-0.15, -0.1) is 0 Å². The van der Waals surface area contributed by atoms with Gasteiger partial charge in [-0.05, 0) is 82.2 Å². The zero-order valence-corrected chi connectivity index (χ0v) is 27.9. The molecule has 0 atom stereocenters. The summed E-state index contributed by atoms with van der Waals surface area (Å²) in [5, 5.41) is 24.7. The van der Waals surface area contributed by atoms with E-state index in [0.717, 1.165) is 32.7 Å². The number of rotatable bonds is 9. The highest BCUT2D eigenvalue weighted by Gasteiger charge is 2.21. The number of phenolic OH excluding ortho intramolecular Hbond substituents is 2. The quantitative estimate of drug-likeness (QED) is 0.149. The fourth-order valence-electron chi connectivity index (χ4n) is 6.20. The molecule has 0 saturated carbocycles. The minimum atomic E-state index is 0.149. The van der Waals surface area contributed by atoms with Crippen LogP contribution >= 0.6 is 0 Å². The minimum absolute atomic E-state index is 0.149. The molecule has 0 aromatic heterocycles. The number of aliphatic imine (C=N–C) groups is 2. The Morgan fingerprint density at radius 2 is 0.750 bits per heavy atom. The van der Waals surface area contributed by atoms with Gasteiger partial charge in [-0.2, -0.15) is 0 Å². The number of ether oxygens (including phenoxy) is 2. The average Bonchev–Trinajstić information content (AvgIpc) is 3.18. The lowest BCUT2D eigenvalue weighted by atomic mass is 9.92. The van der Waals surface area contributed by atoms with Gasteiger partial charge in [0.25, 0.3) is 0 Å². The summed E-state index contributed by atoms with van der Waals surface area (Å²) in [6.07, 6.45) is 3.27. The van der Waals surface area contributed by atoms with Gasteiger partial charge < -0.3 is 19.7 Å². The first-order valence-corrected chi connectivity index (χ1v) is 16.8. The summed E-state index contributed by atoms with van der Waals surface area (Å²) in [6, 6.07) is 53.8. The molecule has 250 valence electrons. The number of aromatic hydroxyl groups is 2. The predicted molar refractivity (Wildman–Crippen MR) is 211 cm³/mol. The first-order valence-electron chi connectivity index (χ1n) is 16.8. The maximum Gasteiger partial charge on any atom is 0.153 e. The number of nitrogens with zero attached hydrogens (tertiary/aromatic N) is 2. The molecule has 2 N–H and O–H groups in total. The van der Waals surface area contributed by atoms with E-state index in [4.69, 9.17) is 19.5 Å². The van der Waals surface area contributed by atoms with Crippen molar-refractivity contribution in [1.82, 2.24) is 0 Å². The molecule has 0 heterocycles. The zero-order chi connectivity index (χ0) is 35.3. The Kier molecular flexibility index (Phi) is 8.85. The van der Waals surface area contributed by atoms with Crippen LogP contribution in [-0.2, 0) is 0 Å². The lowest BCUT2D eigenvalue weighted by Gasteiger charge is -2.20. The van der Waals surface area contributed by atoms with Gasteiger partial charge in [0, 0.05) is 34.7 Å². The molecule has 6 nitrogen and oxygen atoms in total. The molecular weight excluding hydrogens is 645 g/mol. The molecular formula is C46H32N2O4. The molecule has 0 amide bonds. The number of para-hydroxylation sites is 6. The number of hydrogen-bond donors (Lipinski definition) is 2. The first-order chi connectivity index (χ1) is 25.6. The fraction of sp³-hybridized carbons (Fsp3) is 0. The van der Waals surface area contributed by atoms with Crippen molar-refractivity contribution in [3.63, 3.8) is 0 Å². The molecule has 0 spiro atoms. The summed E-state index contributed by atoms with van der Waals surface area (Å²) in [5.74, 6) is 2.65. The Morgan fingerprint density at radius 1 is 0.365 bits per heavy atom. The lowest BCUT2D eigenvalue weighted by Crippen LogP contribution is -1.95. The summed E-state index contributed by atoms with van der Waals surface area (Å²) in [4.78, 5) is 9.42. The second-order valence-corrected chi connectivity index (χ2v) is 12.1. The van der Waals surface area contributed by atoms with E-state index in [1.807, 2.05) is 97.1 Å². The van der Waals surface area contributed by atoms with Crippen molar-refractivity contribution in [3.8, 4) is 45.6 Å². The molecule has 0 bridgehead atoms. The van der Waals surface area contributed by atoms with E-state index in [0.29, 0.717) is 45.5 Å². The van der Waals surface area contributed by atoms with Crippen LogP contribution in [0.5, 0.6) is 34.5 Å². The van der Waals surface area contributed by atoms with E-state index >= 15 is 0 Å². The normalized spacial score (nSPS) is 11.5. The maximum atomic E-state index is 10.3. The van der Waals surface area contributed by atoms with E-state index in [2.05, 4.69) is 36.4 Å². The Balaban J connectivity index is 1.28. The van der Waals surface area contributed by atoms with Crippen LogP contribution < -0.4 is 9.47 Å². The Morgan fingerprint density at radius 3 is 1.21 bits per heavy atom. The van der Waals surface area contributed by atoms with E-state index in [-0.39, 0.29) is 11.5 Å². The highest BCUT2D eigenvalue weighted by Crippen LogP contribution is 2.49. The largest absolute Gasteiger partial charge is 0.507 e. The maximum absolute atomic E-state index is 10.3. The van der Waals surface area contributed by atoms with Crippen LogP contribution in [0.4, 0.5) is 11.4 Å². The van der Waals surface area contributed by atoms with Gasteiger partial charge in [-0.25, -0.2) is 0 Å².